The zero-order valence-electron chi connectivity index (χ0n) is 17.5. The largest absolute Gasteiger partial charge is 0.497 e. The van der Waals surface area contributed by atoms with E-state index in [2.05, 4.69) is 12.2 Å². The molecule has 0 atom stereocenters. The van der Waals surface area contributed by atoms with Gasteiger partial charge in [0.25, 0.3) is 11.8 Å². The van der Waals surface area contributed by atoms with Crippen LogP contribution in [-0.4, -0.2) is 26.0 Å². The topological polar surface area (TPSA) is 67.9 Å². The van der Waals surface area contributed by atoms with Crippen LogP contribution >= 0.6 is 11.3 Å². The predicted octanol–water partition coefficient (Wildman–Crippen LogP) is 4.72. The van der Waals surface area contributed by atoms with Gasteiger partial charge in [-0.2, -0.15) is 0 Å². The van der Waals surface area contributed by atoms with Crippen molar-refractivity contribution in [3.05, 3.63) is 76.1 Å². The smallest absolute Gasteiger partial charge is 0.282 e. The number of amides is 2. The number of ether oxygens (including phenoxy) is 2. The van der Waals surface area contributed by atoms with Gasteiger partial charge in [-0.15, -0.1) is 11.3 Å². The summed E-state index contributed by atoms with van der Waals surface area (Å²) in [6.45, 7) is 2.06. The summed E-state index contributed by atoms with van der Waals surface area (Å²) in [6, 6.07) is 16.4. The molecule has 0 saturated carbocycles. The lowest BCUT2D eigenvalue weighted by molar-refractivity contribution is -0.120. The van der Waals surface area contributed by atoms with Crippen LogP contribution in [0.1, 0.15) is 17.4 Å². The molecule has 2 aromatic carbocycles. The molecular formula is C24H22N2O4S. The van der Waals surface area contributed by atoms with Crippen molar-refractivity contribution in [2.24, 2.45) is 0 Å². The normalized spacial score (nSPS) is 13.7. The van der Waals surface area contributed by atoms with Crippen LogP contribution in [0.5, 0.6) is 11.5 Å². The predicted molar refractivity (Wildman–Crippen MR) is 123 cm³/mol. The molecule has 0 spiro atoms. The van der Waals surface area contributed by atoms with Gasteiger partial charge in [0.15, 0.2) is 0 Å². The number of anilines is 2. The van der Waals surface area contributed by atoms with Crippen LogP contribution in [0, 0.1) is 0 Å². The summed E-state index contributed by atoms with van der Waals surface area (Å²) < 4.78 is 10.7. The van der Waals surface area contributed by atoms with Gasteiger partial charge in [0.1, 0.15) is 17.2 Å². The van der Waals surface area contributed by atoms with Gasteiger partial charge in [0, 0.05) is 10.9 Å². The van der Waals surface area contributed by atoms with Crippen molar-refractivity contribution >= 4 is 40.1 Å². The molecule has 1 aromatic heterocycles. The molecule has 1 N–H and O–H groups in total. The fraction of sp³-hybridized carbons (Fsp3) is 0.167. The zero-order valence-corrected chi connectivity index (χ0v) is 18.3. The molecule has 158 valence electrons. The Morgan fingerprint density at radius 2 is 1.74 bits per heavy atom. The van der Waals surface area contributed by atoms with Gasteiger partial charge in [0.2, 0.25) is 0 Å². The SMILES string of the molecule is CCc1ccc(N2C(=O)C(Nc3cc(OC)ccc3OC)=C(c3cccs3)C2=O)cc1. The molecule has 0 bridgehead atoms. The Kier molecular flexibility index (Phi) is 5.77. The van der Waals surface area contributed by atoms with E-state index in [0.29, 0.717) is 28.4 Å². The second-order valence-corrected chi connectivity index (χ2v) is 7.83. The van der Waals surface area contributed by atoms with Gasteiger partial charge in [-0.3, -0.25) is 9.59 Å². The molecule has 2 heterocycles. The van der Waals surface area contributed by atoms with Crippen molar-refractivity contribution in [1.29, 1.82) is 0 Å². The fourth-order valence-corrected chi connectivity index (χ4v) is 4.22. The maximum absolute atomic E-state index is 13.5. The Labute approximate surface area is 184 Å². The lowest BCUT2D eigenvalue weighted by atomic mass is 10.1. The maximum atomic E-state index is 13.5. The molecule has 0 fully saturated rings. The highest BCUT2D eigenvalue weighted by Gasteiger charge is 2.41. The Bertz CT molecular complexity index is 1150. The van der Waals surface area contributed by atoms with Crippen molar-refractivity contribution < 1.29 is 19.1 Å². The molecule has 0 radical (unpaired) electrons. The van der Waals surface area contributed by atoms with E-state index < -0.39 is 5.91 Å². The molecule has 0 unspecified atom stereocenters. The monoisotopic (exact) mass is 434 g/mol. The molecule has 4 rings (SSSR count). The Morgan fingerprint density at radius 3 is 2.35 bits per heavy atom. The first-order chi connectivity index (χ1) is 15.1. The highest BCUT2D eigenvalue weighted by atomic mass is 32.1. The third-order valence-electron chi connectivity index (χ3n) is 5.12. The number of methoxy groups -OCH3 is 2. The molecule has 6 nitrogen and oxygen atoms in total. The average Bonchev–Trinajstić information content (AvgIpc) is 3.40. The summed E-state index contributed by atoms with van der Waals surface area (Å²) in [4.78, 5) is 28.8. The first-order valence-corrected chi connectivity index (χ1v) is 10.7. The Morgan fingerprint density at radius 1 is 0.968 bits per heavy atom. The van der Waals surface area contributed by atoms with Crippen molar-refractivity contribution in [3.63, 3.8) is 0 Å². The Balaban J connectivity index is 1.79. The number of hydrogen-bond acceptors (Lipinski definition) is 6. The van der Waals surface area contributed by atoms with Crippen LogP contribution in [0.4, 0.5) is 11.4 Å². The Hall–Kier alpha value is -3.58. The highest BCUT2D eigenvalue weighted by molar-refractivity contribution is 7.11. The van der Waals surface area contributed by atoms with Crippen molar-refractivity contribution in [1.82, 2.24) is 0 Å². The molecule has 0 saturated heterocycles. The van der Waals surface area contributed by atoms with Gasteiger partial charge >= 0.3 is 0 Å². The summed E-state index contributed by atoms with van der Waals surface area (Å²) in [5, 5.41) is 5.02. The van der Waals surface area contributed by atoms with E-state index in [1.165, 1.54) is 16.2 Å². The summed E-state index contributed by atoms with van der Waals surface area (Å²) in [7, 11) is 3.11. The molecule has 7 heteroatoms. The first kappa shape index (κ1) is 20.7. The highest BCUT2D eigenvalue weighted by Crippen LogP contribution is 2.38. The number of aryl methyl sites for hydroxylation is 1. The van der Waals surface area contributed by atoms with Gasteiger partial charge < -0.3 is 14.8 Å². The fourth-order valence-electron chi connectivity index (χ4n) is 3.46. The van der Waals surface area contributed by atoms with E-state index in [-0.39, 0.29) is 11.6 Å². The number of thiophene rings is 1. The lowest BCUT2D eigenvalue weighted by Gasteiger charge is -2.16. The number of carbonyl (C=O) groups is 2. The number of benzene rings is 2. The summed E-state index contributed by atoms with van der Waals surface area (Å²) in [5.74, 6) is 0.360. The van der Waals surface area contributed by atoms with Crippen LogP contribution in [-0.2, 0) is 16.0 Å². The number of nitrogens with zero attached hydrogens (tertiary/aromatic N) is 1. The number of rotatable bonds is 7. The van der Waals surface area contributed by atoms with E-state index in [9.17, 15) is 9.59 Å². The molecule has 31 heavy (non-hydrogen) atoms. The van der Waals surface area contributed by atoms with E-state index >= 15 is 0 Å². The second-order valence-electron chi connectivity index (χ2n) is 6.88. The van der Waals surface area contributed by atoms with Gasteiger partial charge in [-0.25, -0.2) is 4.90 Å². The van der Waals surface area contributed by atoms with Crippen molar-refractivity contribution in [2.75, 3.05) is 24.4 Å². The average molecular weight is 435 g/mol. The lowest BCUT2D eigenvalue weighted by Crippen LogP contribution is -2.32. The van der Waals surface area contributed by atoms with Crippen LogP contribution < -0.4 is 19.7 Å². The molecule has 1 aliphatic rings. The second kappa shape index (κ2) is 8.65. The van der Waals surface area contributed by atoms with Crippen LogP contribution in [0.2, 0.25) is 0 Å². The molecule has 0 aliphatic carbocycles. The summed E-state index contributed by atoms with van der Waals surface area (Å²) in [6.07, 6.45) is 0.878. The quantitative estimate of drug-likeness (QED) is 0.545. The number of carbonyl (C=O) groups excluding carboxylic acids is 2. The summed E-state index contributed by atoms with van der Waals surface area (Å²) in [5.41, 5.74) is 2.75. The van der Waals surface area contributed by atoms with E-state index in [1.54, 1.807) is 44.6 Å². The molecule has 3 aromatic rings. The van der Waals surface area contributed by atoms with Crippen LogP contribution in [0.15, 0.2) is 65.7 Å². The van der Waals surface area contributed by atoms with Crippen molar-refractivity contribution in [3.8, 4) is 11.5 Å². The first-order valence-electron chi connectivity index (χ1n) is 9.82. The van der Waals surface area contributed by atoms with Gasteiger partial charge in [-0.05, 0) is 47.7 Å². The number of hydrogen-bond donors (Lipinski definition) is 1. The number of nitrogens with one attached hydrogen (secondary N) is 1. The summed E-state index contributed by atoms with van der Waals surface area (Å²) >= 11 is 1.41. The van der Waals surface area contributed by atoms with E-state index in [0.717, 1.165) is 16.9 Å². The third-order valence-corrected chi connectivity index (χ3v) is 6.01. The molecule has 2 amide bonds. The maximum Gasteiger partial charge on any atom is 0.282 e. The van der Waals surface area contributed by atoms with Crippen molar-refractivity contribution in [2.45, 2.75) is 13.3 Å². The standard InChI is InChI=1S/C24H22N2O4S/c1-4-15-7-9-16(10-8-15)26-23(27)21(20-6-5-13-31-20)22(24(26)28)25-18-14-17(29-2)11-12-19(18)30-3/h5-14,25H,4H2,1-3H3. The minimum absolute atomic E-state index is 0.207. The minimum atomic E-state index is -0.414. The van der Waals surface area contributed by atoms with E-state index in [4.69, 9.17) is 9.47 Å². The number of imide groups is 1. The minimum Gasteiger partial charge on any atom is -0.497 e. The van der Waals surface area contributed by atoms with Crippen LogP contribution in [0.3, 0.4) is 0 Å². The van der Waals surface area contributed by atoms with E-state index in [1.807, 2.05) is 29.6 Å². The van der Waals surface area contributed by atoms with Gasteiger partial charge in [0.05, 0.1) is 31.2 Å². The van der Waals surface area contributed by atoms with Crippen LogP contribution in [0.25, 0.3) is 5.57 Å². The third kappa shape index (κ3) is 3.80. The molecule has 1 aliphatic heterocycles. The molecular weight excluding hydrogens is 412 g/mol. The van der Waals surface area contributed by atoms with Gasteiger partial charge in [-0.1, -0.05) is 25.1 Å². The zero-order chi connectivity index (χ0) is 22.0.